The average Bonchev–Trinajstić information content (AvgIpc) is 3.13. The zero-order valence-corrected chi connectivity index (χ0v) is 12.9. The van der Waals surface area contributed by atoms with E-state index in [1.807, 2.05) is 30.3 Å². The number of nitrogens with one attached hydrogen (secondary N) is 1. The molecule has 6 nitrogen and oxygen atoms in total. The van der Waals surface area contributed by atoms with Crippen molar-refractivity contribution in [1.29, 1.82) is 0 Å². The van der Waals surface area contributed by atoms with Crippen LogP contribution in [0, 0.1) is 0 Å². The molecule has 7 heteroatoms. The van der Waals surface area contributed by atoms with Gasteiger partial charge in [0.05, 0.1) is 5.75 Å². The molecule has 2 aromatic rings. The van der Waals surface area contributed by atoms with E-state index >= 15 is 0 Å². The summed E-state index contributed by atoms with van der Waals surface area (Å²) in [4.78, 5) is 27.7. The number of aromatic amines is 1. The summed E-state index contributed by atoms with van der Waals surface area (Å²) in [6.45, 7) is 1.66. The zero-order valence-electron chi connectivity index (χ0n) is 12.0. The van der Waals surface area contributed by atoms with E-state index in [0.717, 1.165) is 5.56 Å². The van der Waals surface area contributed by atoms with E-state index in [4.69, 9.17) is 4.74 Å². The van der Waals surface area contributed by atoms with E-state index in [9.17, 15) is 9.59 Å². The van der Waals surface area contributed by atoms with Gasteiger partial charge in [-0.3, -0.25) is 14.7 Å². The third-order valence-corrected chi connectivity index (χ3v) is 4.43. The minimum Gasteiger partial charge on any atom is -0.451 e. The normalized spacial score (nSPS) is 20.9. The van der Waals surface area contributed by atoms with E-state index in [0.29, 0.717) is 23.8 Å². The zero-order chi connectivity index (χ0) is 15.6. The number of cyclic esters (lactones) is 1. The molecule has 1 aromatic carbocycles. The van der Waals surface area contributed by atoms with Crippen molar-refractivity contribution in [1.82, 2.24) is 15.2 Å². The smallest absolute Gasteiger partial charge is 0.306 e. The second kappa shape index (κ2) is 5.92. The second-order valence-electron chi connectivity index (χ2n) is 5.25. The third kappa shape index (κ3) is 3.04. The number of hydrogen-bond donors (Lipinski definition) is 1. The number of carbonyl (C=O) groups is 2. The van der Waals surface area contributed by atoms with E-state index < -0.39 is 5.60 Å². The maximum absolute atomic E-state index is 12.2. The van der Waals surface area contributed by atoms with Crippen LogP contribution in [0.4, 0.5) is 0 Å². The predicted octanol–water partition coefficient (Wildman–Crippen LogP) is 2.23. The van der Waals surface area contributed by atoms with Gasteiger partial charge in [0.1, 0.15) is 0 Å². The number of nitrogens with zero attached hydrogens (tertiary/aromatic N) is 2. The van der Waals surface area contributed by atoms with Crippen molar-refractivity contribution in [3.8, 4) is 11.4 Å². The molecule has 114 valence electrons. The van der Waals surface area contributed by atoms with Crippen molar-refractivity contribution in [2.45, 2.75) is 30.5 Å². The Balaban J connectivity index is 1.62. The molecule has 3 rings (SSSR count). The Bertz CT molecular complexity index is 701. The quantitative estimate of drug-likeness (QED) is 0.672. The van der Waals surface area contributed by atoms with Gasteiger partial charge in [0.15, 0.2) is 17.2 Å². The first-order chi connectivity index (χ1) is 10.6. The predicted molar refractivity (Wildman–Crippen MR) is 81.3 cm³/mol. The van der Waals surface area contributed by atoms with E-state index in [1.165, 1.54) is 11.8 Å². The Morgan fingerprint density at radius 3 is 2.86 bits per heavy atom. The van der Waals surface area contributed by atoms with E-state index in [2.05, 4.69) is 15.2 Å². The summed E-state index contributed by atoms with van der Waals surface area (Å²) in [5, 5.41) is 7.45. The van der Waals surface area contributed by atoms with Crippen LogP contribution in [0.25, 0.3) is 11.4 Å². The van der Waals surface area contributed by atoms with Crippen molar-refractivity contribution in [2.75, 3.05) is 5.75 Å². The number of ether oxygens (including phenoxy) is 1. The number of esters is 1. The third-order valence-electron chi connectivity index (χ3n) is 3.58. The Labute approximate surface area is 131 Å². The number of aromatic nitrogens is 3. The lowest BCUT2D eigenvalue weighted by molar-refractivity contribution is -0.154. The molecule has 1 N–H and O–H groups in total. The molecule has 1 aliphatic heterocycles. The highest BCUT2D eigenvalue weighted by molar-refractivity contribution is 7.99. The molecular weight excluding hydrogens is 302 g/mol. The van der Waals surface area contributed by atoms with Crippen LogP contribution >= 0.6 is 11.8 Å². The lowest BCUT2D eigenvalue weighted by Gasteiger charge is -2.19. The molecule has 1 aromatic heterocycles. The molecule has 0 radical (unpaired) electrons. The van der Waals surface area contributed by atoms with Crippen LogP contribution in [0.5, 0.6) is 0 Å². The fourth-order valence-electron chi connectivity index (χ4n) is 2.21. The Morgan fingerprint density at radius 2 is 2.18 bits per heavy atom. The summed E-state index contributed by atoms with van der Waals surface area (Å²) >= 11 is 1.24. The topological polar surface area (TPSA) is 84.9 Å². The highest BCUT2D eigenvalue weighted by atomic mass is 32.2. The fourth-order valence-corrected chi connectivity index (χ4v) is 3.04. The van der Waals surface area contributed by atoms with Gasteiger partial charge < -0.3 is 4.74 Å². The van der Waals surface area contributed by atoms with Gasteiger partial charge in [0.25, 0.3) is 0 Å². The summed E-state index contributed by atoms with van der Waals surface area (Å²) < 4.78 is 5.12. The molecule has 0 bridgehead atoms. The lowest BCUT2D eigenvalue weighted by atomic mass is 9.98. The molecule has 1 fully saturated rings. The number of hydrogen-bond acceptors (Lipinski definition) is 6. The van der Waals surface area contributed by atoms with Crippen LogP contribution in [-0.2, 0) is 14.3 Å². The van der Waals surface area contributed by atoms with Gasteiger partial charge in [0, 0.05) is 18.4 Å². The first-order valence-corrected chi connectivity index (χ1v) is 7.91. The SMILES string of the molecule is C[C@]1(C(=O)CSc2n[nH]c(-c3ccccc3)n2)CCC(=O)O1. The Morgan fingerprint density at radius 1 is 1.41 bits per heavy atom. The maximum atomic E-state index is 12.2. The molecule has 22 heavy (non-hydrogen) atoms. The van der Waals surface area contributed by atoms with Crippen LogP contribution in [0.1, 0.15) is 19.8 Å². The average molecular weight is 317 g/mol. The van der Waals surface area contributed by atoms with Gasteiger partial charge >= 0.3 is 5.97 Å². The molecule has 1 aliphatic rings. The number of carbonyl (C=O) groups excluding carboxylic acids is 2. The van der Waals surface area contributed by atoms with Gasteiger partial charge in [-0.2, -0.15) is 0 Å². The van der Waals surface area contributed by atoms with Crippen molar-refractivity contribution in [3.63, 3.8) is 0 Å². The van der Waals surface area contributed by atoms with Gasteiger partial charge in [-0.25, -0.2) is 4.98 Å². The van der Waals surface area contributed by atoms with Crippen LogP contribution in [0.2, 0.25) is 0 Å². The molecule has 1 atom stereocenters. The minimum absolute atomic E-state index is 0.116. The number of benzene rings is 1. The van der Waals surface area contributed by atoms with Crippen LogP contribution < -0.4 is 0 Å². The van der Waals surface area contributed by atoms with Crippen molar-refractivity contribution < 1.29 is 14.3 Å². The molecule has 0 aliphatic carbocycles. The van der Waals surface area contributed by atoms with Crippen LogP contribution in [0.3, 0.4) is 0 Å². The maximum Gasteiger partial charge on any atom is 0.306 e. The molecule has 0 unspecified atom stereocenters. The number of Topliss-reactive ketones (excluding diaryl/α,β-unsaturated/α-hetero) is 1. The molecule has 0 saturated carbocycles. The first kappa shape index (κ1) is 14.8. The van der Waals surface area contributed by atoms with Crippen molar-refractivity contribution >= 4 is 23.5 Å². The van der Waals surface area contributed by atoms with Gasteiger partial charge in [-0.05, 0) is 6.92 Å². The largest absolute Gasteiger partial charge is 0.451 e. The van der Waals surface area contributed by atoms with Gasteiger partial charge in [-0.15, -0.1) is 5.10 Å². The summed E-state index contributed by atoms with van der Waals surface area (Å²) in [5.74, 6) is 0.407. The molecular formula is C15H15N3O3S. The summed E-state index contributed by atoms with van der Waals surface area (Å²) in [6.07, 6.45) is 0.736. The molecule has 2 heterocycles. The van der Waals surface area contributed by atoms with Crippen molar-refractivity contribution in [2.24, 2.45) is 0 Å². The number of rotatable bonds is 5. The molecule has 0 amide bonds. The Kier molecular flexibility index (Phi) is 3.98. The lowest BCUT2D eigenvalue weighted by Crippen LogP contribution is -2.36. The second-order valence-corrected chi connectivity index (χ2v) is 6.19. The Hall–Kier alpha value is -2.15. The summed E-state index contributed by atoms with van der Waals surface area (Å²) in [6, 6.07) is 9.63. The fraction of sp³-hybridized carbons (Fsp3) is 0.333. The van der Waals surface area contributed by atoms with Crippen molar-refractivity contribution in [3.05, 3.63) is 30.3 Å². The summed E-state index contributed by atoms with van der Waals surface area (Å²) in [7, 11) is 0. The summed E-state index contributed by atoms with van der Waals surface area (Å²) in [5.41, 5.74) is -0.0623. The first-order valence-electron chi connectivity index (χ1n) is 6.93. The minimum atomic E-state index is -0.997. The van der Waals surface area contributed by atoms with Gasteiger partial charge in [0.2, 0.25) is 5.16 Å². The highest BCUT2D eigenvalue weighted by Gasteiger charge is 2.42. The standard InChI is InChI=1S/C15H15N3O3S/c1-15(8-7-12(20)21-15)11(19)9-22-14-16-13(17-18-14)10-5-3-2-4-6-10/h2-6H,7-9H2,1H3,(H,16,17,18)/t15-/m1/s1. The van der Waals surface area contributed by atoms with Crippen LogP contribution in [-0.4, -0.2) is 38.3 Å². The molecule has 1 saturated heterocycles. The number of H-pyrrole nitrogens is 1. The highest BCUT2D eigenvalue weighted by Crippen LogP contribution is 2.29. The van der Waals surface area contributed by atoms with E-state index in [-0.39, 0.29) is 17.5 Å². The number of ketones is 1. The monoisotopic (exact) mass is 317 g/mol. The molecule has 0 spiro atoms. The number of thioether (sulfide) groups is 1. The van der Waals surface area contributed by atoms with Gasteiger partial charge in [-0.1, -0.05) is 42.1 Å². The van der Waals surface area contributed by atoms with E-state index in [1.54, 1.807) is 6.92 Å². The van der Waals surface area contributed by atoms with Crippen LogP contribution in [0.15, 0.2) is 35.5 Å².